The van der Waals surface area contributed by atoms with E-state index in [0.29, 0.717) is 21.8 Å². The number of aldehydes is 1. The summed E-state index contributed by atoms with van der Waals surface area (Å²) in [6.07, 6.45) is 0.893. The third-order valence-electron chi connectivity index (χ3n) is 2.32. The molecule has 4 nitrogen and oxygen atoms in total. The van der Waals surface area contributed by atoms with Gasteiger partial charge in [-0.25, -0.2) is 4.79 Å². The number of hydrogen-bond acceptors (Lipinski definition) is 4. The summed E-state index contributed by atoms with van der Waals surface area (Å²) in [5, 5.41) is 1.09. The monoisotopic (exact) mass is 252 g/mol. The van der Waals surface area contributed by atoms with Gasteiger partial charge in [0, 0.05) is 10.4 Å². The van der Waals surface area contributed by atoms with Gasteiger partial charge in [0.05, 0.1) is 13.5 Å². The lowest BCUT2D eigenvalue weighted by Crippen LogP contribution is -2.01. The van der Waals surface area contributed by atoms with E-state index in [0.717, 1.165) is 6.29 Å². The Bertz CT molecular complexity index is 585. The van der Waals surface area contributed by atoms with E-state index in [2.05, 4.69) is 4.74 Å². The third-order valence-corrected chi connectivity index (χ3v) is 2.54. The zero-order chi connectivity index (χ0) is 12.4. The average molecular weight is 253 g/mol. The summed E-state index contributed by atoms with van der Waals surface area (Å²) >= 11 is 5.89. The molecule has 0 unspecified atom stereocenters. The number of esters is 1. The molecule has 1 aromatic heterocycles. The molecule has 0 bridgehead atoms. The normalized spacial score (nSPS) is 10.5. The maximum absolute atomic E-state index is 11.5. The first-order chi connectivity index (χ1) is 8.15. The number of benzene rings is 1. The van der Waals surface area contributed by atoms with Gasteiger partial charge in [0.25, 0.3) is 0 Å². The summed E-state index contributed by atoms with van der Waals surface area (Å²) in [5.74, 6) is -0.0353. The van der Waals surface area contributed by atoms with Crippen molar-refractivity contribution in [3.8, 4) is 0 Å². The van der Waals surface area contributed by atoms with Gasteiger partial charge in [-0.15, -0.1) is 0 Å². The van der Waals surface area contributed by atoms with E-state index in [1.807, 2.05) is 0 Å². The molecule has 2 rings (SSSR count). The Morgan fingerprint density at radius 1 is 1.47 bits per heavy atom. The lowest BCUT2D eigenvalue weighted by molar-refractivity contribution is -0.107. The summed E-state index contributed by atoms with van der Waals surface area (Å²) in [7, 11) is 1.28. The molecule has 0 aliphatic heterocycles. The Balaban J connectivity index is 2.65. The molecule has 0 saturated heterocycles. The molecule has 1 heterocycles. The van der Waals surface area contributed by atoms with Crippen LogP contribution in [0.2, 0.25) is 5.02 Å². The fraction of sp³-hybridized carbons (Fsp3) is 0.167. The predicted molar refractivity (Wildman–Crippen MR) is 62.3 cm³/mol. The number of halogens is 1. The third kappa shape index (κ3) is 2.17. The van der Waals surface area contributed by atoms with E-state index in [-0.39, 0.29) is 12.0 Å². The maximum Gasteiger partial charge on any atom is 0.341 e. The van der Waals surface area contributed by atoms with Crippen molar-refractivity contribution in [3.05, 3.63) is 34.5 Å². The van der Waals surface area contributed by atoms with Crippen LogP contribution >= 0.6 is 11.6 Å². The van der Waals surface area contributed by atoms with Crippen LogP contribution in [-0.4, -0.2) is 19.4 Å². The molecule has 2 aromatic rings. The fourth-order valence-corrected chi connectivity index (χ4v) is 1.84. The highest BCUT2D eigenvalue weighted by atomic mass is 35.5. The Morgan fingerprint density at radius 3 is 2.88 bits per heavy atom. The van der Waals surface area contributed by atoms with Gasteiger partial charge in [0.15, 0.2) is 0 Å². The molecule has 0 atom stereocenters. The quantitative estimate of drug-likeness (QED) is 0.622. The number of furan rings is 1. The van der Waals surface area contributed by atoms with E-state index < -0.39 is 5.97 Å². The van der Waals surface area contributed by atoms with Crippen LogP contribution in [0.4, 0.5) is 0 Å². The van der Waals surface area contributed by atoms with Gasteiger partial charge >= 0.3 is 5.97 Å². The van der Waals surface area contributed by atoms with Crippen LogP contribution in [0.15, 0.2) is 22.6 Å². The maximum atomic E-state index is 11.5. The summed E-state index contributed by atoms with van der Waals surface area (Å²) in [6, 6.07) is 4.83. The van der Waals surface area contributed by atoms with Gasteiger partial charge in [-0.05, 0) is 18.2 Å². The van der Waals surface area contributed by atoms with Gasteiger partial charge in [0.1, 0.15) is 23.2 Å². The average Bonchev–Trinajstić information content (AvgIpc) is 2.69. The molecule has 0 saturated carbocycles. The van der Waals surface area contributed by atoms with Crippen molar-refractivity contribution in [2.24, 2.45) is 0 Å². The second-order valence-corrected chi connectivity index (χ2v) is 3.88. The molecule has 88 valence electrons. The van der Waals surface area contributed by atoms with Crippen LogP contribution in [0.1, 0.15) is 16.1 Å². The smallest absolute Gasteiger partial charge is 0.341 e. The van der Waals surface area contributed by atoms with E-state index in [9.17, 15) is 9.59 Å². The van der Waals surface area contributed by atoms with Gasteiger partial charge in [-0.2, -0.15) is 0 Å². The Morgan fingerprint density at radius 2 is 2.24 bits per heavy atom. The molecule has 0 N–H and O–H groups in total. The topological polar surface area (TPSA) is 56.5 Å². The van der Waals surface area contributed by atoms with Crippen LogP contribution in [0.3, 0.4) is 0 Å². The highest BCUT2D eigenvalue weighted by Crippen LogP contribution is 2.27. The van der Waals surface area contributed by atoms with Crippen LogP contribution in [-0.2, 0) is 16.0 Å². The molecule has 0 amide bonds. The van der Waals surface area contributed by atoms with Crippen LogP contribution < -0.4 is 0 Å². The van der Waals surface area contributed by atoms with Crippen molar-refractivity contribution < 1.29 is 18.7 Å². The highest BCUT2D eigenvalue weighted by molar-refractivity contribution is 6.32. The lowest BCUT2D eigenvalue weighted by Gasteiger charge is -2.00. The standard InChI is InChI=1S/C12H9ClO4/c1-16-12(15)10-6-8(13)4-7-5-9(2-3-14)17-11(7)10/h3-6H,2H2,1H3. The van der Waals surface area contributed by atoms with E-state index in [1.165, 1.54) is 13.2 Å². The van der Waals surface area contributed by atoms with Crippen LogP contribution in [0.5, 0.6) is 0 Å². The molecule has 0 fully saturated rings. The SMILES string of the molecule is COC(=O)c1cc(Cl)cc2cc(CC=O)oc12. The van der Waals surface area contributed by atoms with Gasteiger partial charge in [-0.3, -0.25) is 0 Å². The molecule has 0 spiro atoms. The molecule has 0 aliphatic carbocycles. The molecular weight excluding hydrogens is 244 g/mol. The van der Waals surface area contributed by atoms with Gasteiger partial charge < -0.3 is 13.9 Å². The van der Waals surface area contributed by atoms with Crippen molar-refractivity contribution in [1.29, 1.82) is 0 Å². The van der Waals surface area contributed by atoms with Crippen LogP contribution in [0, 0.1) is 0 Å². The number of methoxy groups -OCH3 is 1. The molecule has 1 aromatic carbocycles. The summed E-state index contributed by atoms with van der Waals surface area (Å²) < 4.78 is 10.1. The first kappa shape index (κ1) is 11.7. The van der Waals surface area contributed by atoms with Crippen molar-refractivity contribution in [2.45, 2.75) is 6.42 Å². The Kier molecular flexibility index (Phi) is 3.15. The Labute approximate surface area is 102 Å². The summed E-state index contributed by atoms with van der Waals surface area (Å²) in [5.41, 5.74) is 0.644. The predicted octanol–water partition coefficient (Wildman–Crippen LogP) is 2.61. The van der Waals surface area contributed by atoms with Gasteiger partial charge in [0.2, 0.25) is 0 Å². The van der Waals surface area contributed by atoms with E-state index >= 15 is 0 Å². The number of fused-ring (bicyclic) bond motifs is 1. The molecule has 0 aliphatic rings. The second-order valence-electron chi connectivity index (χ2n) is 3.45. The van der Waals surface area contributed by atoms with Crippen molar-refractivity contribution >= 4 is 34.8 Å². The number of carbonyl (C=O) groups excluding carboxylic acids is 2. The van der Waals surface area contributed by atoms with Gasteiger partial charge in [-0.1, -0.05) is 11.6 Å². The van der Waals surface area contributed by atoms with Crippen molar-refractivity contribution in [1.82, 2.24) is 0 Å². The van der Waals surface area contributed by atoms with Crippen molar-refractivity contribution in [3.63, 3.8) is 0 Å². The highest BCUT2D eigenvalue weighted by Gasteiger charge is 2.16. The summed E-state index contributed by atoms with van der Waals surface area (Å²) in [6.45, 7) is 0. The first-order valence-electron chi connectivity index (χ1n) is 4.89. The number of hydrogen-bond donors (Lipinski definition) is 0. The largest absolute Gasteiger partial charge is 0.465 e. The number of ether oxygens (including phenoxy) is 1. The van der Waals surface area contributed by atoms with E-state index in [1.54, 1.807) is 12.1 Å². The van der Waals surface area contributed by atoms with Crippen LogP contribution in [0.25, 0.3) is 11.0 Å². The number of rotatable bonds is 3. The second kappa shape index (κ2) is 4.59. The minimum atomic E-state index is -0.524. The molecule has 0 radical (unpaired) electrons. The zero-order valence-electron chi connectivity index (χ0n) is 9.03. The first-order valence-corrected chi connectivity index (χ1v) is 5.27. The van der Waals surface area contributed by atoms with Crippen molar-refractivity contribution in [2.75, 3.05) is 7.11 Å². The summed E-state index contributed by atoms with van der Waals surface area (Å²) in [4.78, 5) is 22.0. The molecule has 17 heavy (non-hydrogen) atoms. The number of carbonyl (C=O) groups is 2. The lowest BCUT2D eigenvalue weighted by atomic mass is 10.1. The zero-order valence-corrected chi connectivity index (χ0v) is 9.78. The molecular formula is C12H9ClO4. The fourth-order valence-electron chi connectivity index (χ4n) is 1.61. The minimum absolute atomic E-state index is 0.160. The minimum Gasteiger partial charge on any atom is -0.465 e. The Hall–Kier alpha value is -1.81. The molecule has 5 heteroatoms. The van der Waals surface area contributed by atoms with E-state index in [4.69, 9.17) is 16.0 Å².